The molecule has 2 aromatic rings. The van der Waals surface area contributed by atoms with E-state index in [2.05, 4.69) is 34.3 Å². The van der Waals surface area contributed by atoms with Crippen molar-refractivity contribution in [3.63, 3.8) is 0 Å². The summed E-state index contributed by atoms with van der Waals surface area (Å²) in [6.45, 7) is 5.33. The van der Waals surface area contributed by atoms with Gasteiger partial charge in [-0.15, -0.1) is 0 Å². The molecule has 1 aliphatic rings. The third kappa shape index (κ3) is 3.64. The number of nitrogens with one attached hydrogen (secondary N) is 2. The average Bonchev–Trinajstić information content (AvgIpc) is 3.27. The Hall–Kier alpha value is -2.21. The van der Waals surface area contributed by atoms with Crippen LogP contribution in [0, 0.1) is 11.8 Å². The number of carbonyl (C=O) groups is 1. The molecule has 2 N–H and O–H groups in total. The molecule has 0 aliphatic carbocycles. The van der Waals surface area contributed by atoms with Crippen molar-refractivity contribution in [1.82, 2.24) is 20.5 Å². The van der Waals surface area contributed by atoms with Crippen LogP contribution in [0.4, 0.5) is 0 Å². The molecule has 1 fully saturated rings. The van der Waals surface area contributed by atoms with Gasteiger partial charge in [0.25, 0.3) is 0 Å². The number of hydrogen-bond acceptors (Lipinski definition) is 4. The monoisotopic (exact) mass is 328 g/mol. The van der Waals surface area contributed by atoms with E-state index in [0.717, 1.165) is 17.8 Å². The quantitative estimate of drug-likeness (QED) is 0.851. The molecule has 128 valence electrons. The smallest absolute Gasteiger partial charge is 0.225 e. The zero-order valence-electron chi connectivity index (χ0n) is 14.1. The number of aromatic nitrogens is 3. The van der Waals surface area contributed by atoms with Crippen molar-refractivity contribution in [2.24, 2.45) is 11.8 Å². The van der Waals surface area contributed by atoms with Gasteiger partial charge in [0.05, 0.1) is 17.9 Å². The van der Waals surface area contributed by atoms with Crippen LogP contribution in [-0.2, 0) is 9.53 Å². The standard InChI is InChI=1S/C18H24N4O2/c1-12(2)16-14(8-9-24-16)18(23)19-10-15(17-20-11-21-22-17)13-6-4-3-5-7-13/h3-7,11-12,14-16H,8-10H2,1-2H3,(H,19,23)(H,20,21,22). The van der Waals surface area contributed by atoms with Crippen LogP contribution in [-0.4, -0.2) is 40.3 Å². The molecule has 3 unspecified atom stereocenters. The maximum Gasteiger partial charge on any atom is 0.225 e. The Morgan fingerprint density at radius 2 is 2.17 bits per heavy atom. The van der Waals surface area contributed by atoms with Crippen LogP contribution in [0.25, 0.3) is 0 Å². The highest BCUT2D eigenvalue weighted by Gasteiger charge is 2.36. The van der Waals surface area contributed by atoms with Crippen molar-refractivity contribution >= 4 is 5.91 Å². The Bertz CT molecular complexity index is 642. The fourth-order valence-corrected chi connectivity index (χ4v) is 3.32. The Balaban J connectivity index is 1.69. The molecule has 6 nitrogen and oxygen atoms in total. The lowest BCUT2D eigenvalue weighted by molar-refractivity contribution is -0.127. The largest absolute Gasteiger partial charge is 0.377 e. The molecule has 2 heterocycles. The van der Waals surface area contributed by atoms with Gasteiger partial charge >= 0.3 is 0 Å². The van der Waals surface area contributed by atoms with Crippen LogP contribution in [0.2, 0.25) is 0 Å². The van der Waals surface area contributed by atoms with E-state index in [1.54, 1.807) is 0 Å². The first-order chi connectivity index (χ1) is 11.7. The summed E-state index contributed by atoms with van der Waals surface area (Å²) >= 11 is 0. The number of amides is 1. The lowest BCUT2D eigenvalue weighted by Crippen LogP contribution is -2.39. The maximum atomic E-state index is 12.6. The Labute approximate surface area is 142 Å². The summed E-state index contributed by atoms with van der Waals surface area (Å²) in [5.74, 6) is 1.03. The van der Waals surface area contributed by atoms with Crippen LogP contribution in [0.1, 0.15) is 37.6 Å². The van der Waals surface area contributed by atoms with Crippen LogP contribution >= 0.6 is 0 Å². The molecule has 3 atom stereocenters. The minimum Gasteiger partial charge on any atom is -0.377 e. The second-order valence-electron chi connectivity index (χ2n) is 6.55. The first kappa shape index (κ1) is 16.6. The van der Waals surface area contributed by atoms with E-state index in [-0.39, 0.29) is 23.8 Å². The SMILES string of the molecule is CC(C)C1OCCC1C(=O)NCC(c1ccccc1)c1ncn[nH]1. The summed E-state index contributed by atoms with van der Waals surface area (Å²) in [5.41, 5.74) is 1.10. The van der Waals surface area contributed by atoms with Crippen LogP contribution < -0.4 is 5.32 Å². The van der Waals surface area contributed by atoms with Gasteiger partial charge in [0.2, 0.25) is 5.91 Å². The van der Waals surface area contributed by atoms with Crippen molar-refractivity contribution < 1.29 is 9.53 Å². The van der Waals surface area contributed by atoms with Crippen molar-refractivity contribution in [2.45, 2.75) is 32.3 Å². The Kier molecular flexibility index (Phi) is 5.25. The molecule has 3 rings (SSSR count). The number of ether oxygens (including phenoxy) is 1. The summed E-state index contributed by atoms with van der Waals surface area (Å²) in [6, 6.07) is 10.0. The molecule has 1 aliphatic heterocycles. The fourth-order valence-electron chi connectivity index (χ4n) is 3.32. The number of benzene rings is 1. The van der Waals surface area contributed by atoms with Crippen molar-refractivity contribution in [3.05, 3.63) is 48.0 Å². The molecule has 1 aromatic carbocycles. The van der Waals surface area contributed by atoms with Gasteiger partial charge in [0.1, 0.15) is 12.2 Å². The molecule has 0 saturated carbocycles. The molecule has 0 radical (unpaired) electrons. The van der Waals surface area contributed by atoms with E-state index in [9.17, 15) is 4.79 Å². The summed E-state index contributed by atoms with van der Waals surface area (Å²) in [4.78, 5) is 16.9. The third-order valence-corrected chi connectivity index (χ3v) is 4.58. The summed E-state index contributed by atoms with van der Waals surface area (Å²) in [7, 11) is 0. The van der Waals surface area contributed by atoms with Gasteiger partial charge in [0.15, 0.2) is 0 Å². The van der Waals surface area contributed by atoms with Crippen molar-refractivity contribution in [1.29, 1.82) is 0 Å². The van der Waals surface area contributed by atoms with Crippen molar-refractivity contribution in [2.75, 3.05) is 13.2 Å². The number of carbonyl (C=O) groups excluding carboxylic acids is 1. The van der Waals surface area contributed by atoms with Gasteiger partial charge in [-0.05, 0) is 17.9 Å². The first-order valence-electron chi connectivity index (χ1n) is 8.46. The second-order valence-corrected chi connectivity index (χ2v) is 6.55. The van der Waals surface area contributed by atoms with E-state index in [0.29, 0.717) is 19.1 Å². The molecule has 1 saturated heterocycles. The number of H-pyrrole nitrogens is 1. The van der Waals surface area contributed by atoms with E-state index in [4.69, 9.17) is 4.74 Å². The highest BCUT2D eigenvalue weighted by atomic mass is 16.5. The number of hydrogen-bond donors (Lipinski definition) is 2. The van der Waals surface area contributed by atoms with E-state index in [1.807, 2.05) is 30.3 Å². The predicted molar refractivity (Wildman–Crippen MR) is 90.4 cm³/mol. The summed E-state index contributed by atoms with van der Waals surface area (Å²) in [6.07, 6.45) is 2.28. The fraction of sp³-hybridized carbons (Fsp3) is 0.500. The number of aromatic amines is 1. The normalized spacial score (nSPS) is 21.8. The van der Waals surface area contributed by atoms with E-state index in [1.165, 1.54) is 6.33 Å². The van der Waals surface area contributed by atoms with Crippen LogP contribution in [0.3, 0.4) is 0 Å². The maximum absolute atomic E-state index is 12.6. The highest BCUT2D eigenvalue weighted by molar-refractivity contribution is 5.79. The second kappa shape index (κ2) is 7.57. The minimum atomic E-state index is -0.0730. The van der Waals surface area contributed by atoms with Crippen LogP contribution in [0.15, 0.2) is 36.7 Å². The highest BCUT2D eigenvalue weighted by Crippen LogP contribution is 2.27. The number of nitrogens with zero attached hydrogens (tertiary/aromatic N) is 2. The lowest BCUT2D eigenvalue weighted by Gasteiger charge is -2.22. The van der Waals surface area contributed by atoms with Gasteiger partial charge < -0.3 is 10.1 Å². The Morgan fingerprint density at radius 3 is 2.83 bits per heavy atom. The van der Waals surface area contributed by atoms with Crippen LogP contribution in [0.5, 0.6) is 0 Å². The van der Waals surface area contributed by atoms with Crippen molar-refractivity contribution in [3.8, 4) is 0 Å². The molecule has 0 bridgehead atoms. The molecule has 1 aromatic heterocycles. The zero-order valence-corrected chi connectivity index (χ0v) is 14.1. The van der Waals surface area contributed by atoms with Gasteiger partial charge in [-0.1, -0.05) is 44.2 Å². The molecule has 24 heavy (non-hydrogen) atoms. The first-order valence-corrected chi connectivity index (χ1v) is 8.46. The van der Waals surface area contributed by atoms with Gasteiger partial charge in [-0.25, -0.2) is 4.98 Å². The van der Waals surface area contributed by atoms with E-state index < -0.39 is 0 Å². The van der Waals surface area contributed by atoms with Gasteiger partial charge in [-0.3, -0.25) is 9.89 Å². The molecular formula is C18H24N4O2. The van der Waals surface area contributed by atoms with E-state index >= 15 is 0 Å². The molecule has 1 amide bonds. The average molecular weight is 328 g/mol. The van der Waals surface area contributed by atoms with Gasteiger partial charge in [0, 0.05) is 13.2 Å². The third-order valence-electron chi connectivity index (χ3n) is 4.58. The predicted octanol–water partition coefficient (Wildman–Crippen LogP) is 2.11. The zero-order chi connectivity index (χ0) is 16.9. The van der Waals surface area contributed by atoms with Gasteiger partial charge in [-0.2, -0.15) is 5.10 Å². The molecular weight excluding hydrogens is 304 g/mol. The summed E-state index contributed by atoms with van der Waals surface area (Å²) in [5, 5.41) is 9.95. The molecule has 6 heteroatoms. The number of rotatable bonds is 6. The Morgan fingerprint density at radius 1 is 1.38 bits per heavy atom. The lowest BCUT2D eigenvalue weighted by atomic mass is 9.91. The summed E-state index contributed by atoms with van der Waals surface area (Å²) < 4.78 is 5.72. The topological polar surface area (TPSA) is 79.9 Å². The molecule has 0 spiro atoms. The minimum absolute atomic E-state index is 0.00505.